The largest absolute Gasteiger partial charge is 0.414 e. The minimum absolute atomic E-state index is 0.0296. The zero-order valence-electron chi connectivity index (χ0n) is 18.2. The van der Waals surface area contributed by atoms with Gasteiger partial charge in [0.15, 0.2) is 14.5 Å². The van der Waals surface area contributed by atoms with Gasteiger partial charge in [-0.05, 0) is 25.0 Å². The molecule has 1 aromatic heterocycles. The van der Waals surface area contributed by atoms with Gasteiger partial charge in [0.05, 0.1) is 12.6 Å². The van der Waals surface area contributed by atoms with E-state index in [2.05, 4.69) is 33.9 Å². The maximum atomic E-state index is 12.2. The Morgan fingerprint density at radius 2 is 2.12 bits per heavy atom. The first-order valence-electron chi connectivity index (χ1n) is 9.65. The third-order valence-corrected chi connectivity index (χ3v) is 9.59. The van der Waals surface area contributed by atoms with Gasteiger partial charge < -0.3 is 20.0 Å². The first kappa shape index (κ1) is 16.0. The highest BCUT2D eigenvalue weighted by atomic mass is 28.4. The average Bonchev–Trinajstić information content (AvgIpc) is 2.79. The van der Waals surface area contributed by atoms with E-state index in [1.807, 2.05) is 4.98 Å². The Labute approximate surface area is 152 Å². The molecule has 0 amide bonds. The van der Waals surface area contributed by atoms with Crippen LogP contribution in [0.15, 0.2) is 15.8 Å². The summed E-state index contributed by atoms with van der Waals surface area (Å²) in [6.45, 7) is 7.80. The van der Waals surface area contributed by atoms with Crippen molar-refractivity contribution in [3.8, 4) is 0 Å². The molecule has 0 spiro atoms. The zero-order chi connectivity index (χ0) is 21.7. The highest BCUT2D eigenvalue weighted by Crippen LogP contribution is 2.37. The van der Waals surface area contributed by atoms with Crippen molar-refractivity contribution in [2.24, 2.45) is 5.73 Å². The fraction of sp³-hybridized carbons (Fsp3) is 0.750. The number of hydrogen-bond acceptors (Lipinski definition) is 6. The minimum Gasteiger partial charge on any atom is -0.414 e. The van der Waals surface area contributed by atoms with Gasteiger partial charge in [-0.2, -0.15) is 0 Å². The molecule has 0 saturated carbocycles. The summed E-state index contributed by atoms with van der Waals surface area (Å²) >= 11 is 0. The van der Waals surface area contributed by atoms with Gasteiger partial charge in [-0.1, -0.05) is 20.8 Å². The molecule has 0 radical (unpaired) electrons. The van der Waals surface area contributed by atoms with Crippen molar-refractivity contribution in [3.05, 3.63) is 32.6 Å². The molecule has 4 atom stereocenters. The Morgan fingerprint density at radius 3 is 2.68 bits per heavy atom. The van der Waals surface area contributed by atoms with Crippen LogP contribution < -0.4 is 17.0 Å². The van der Waals surface area contributed by atoms with E-state index in [1.165, 1.54) is 0 Å². The second-order valence-electron chi connectivity index (χ2n) is 7.91. The molecule has 0 aliphatic carbocycles. The van der Waals surface area contributed by atoms with Gasteiger partial charge in [-0.15, -0.1) is 0 Å². The number of rotatable bonds is 4. The van der Waals surface area contributed by atoms with Crippen LogP contribution in [-0.2, 0) is 9.16 Å². The molecule has 142 valence electrons. The Bertz CT molecular complexity index is 831. The Hall–Kier alpha value is -1.26. The monoisotopic (exact) mass is 374 g/mol. The van der Waals surface area contributed by atoms with Gasteiger partial charge in [0.1, 0.15) is 12.2 Å². The van der Waals surface area contributed by atoms with Crippen molar-refractivity contribution < 1.29 is 18.4 Å². The first-order chi connectivity index (χ1) is 12.6. The summed E-state index contributed by atoms with van der Waals surface area (Å²) in [7, 11) is -2.09. The van der Waals surface area contributed by atoms with Crippen molar-refractivity contribution in [2.75, 3.05) is 6.61 Å². The molecular weight excluding hydrogens is 342 g/mol. The third-order valence-electron chi connectivity index (χ3n) is 5.09. The molecule has 4 N–H and O–H groups in total. The number of aryl methyl sites for hydroxylation is 1. The number of aromatic nitrogens is 2. The number of aliphatic hydroxyl groups excluding tert-OH is 1. The van der Waals surface area contributed by atoms with Crippen LogP contribution >= 0.6 is 0 Å². The van der Waals surface area contributed by atoms with E-state index in [1.54, 1.807) is 0 Å². The summed E-state index contributed by atoms with van der Waals surface area (Å²) in [6, 6.07) is -0.843. The van der Waals surface area contributed by atoms with Gasteiger partial charge in [0.25, 0.3) is 5.56 Å². The van der Waals surface area contributed by atoms with Crippen LogP contribution in [0.5, 0.6) is 0 Å². The van der Waals surface area contributed by atoms with Gasteiger partial charge in [-0.25, -0.2) is 4.79 Å². The molecule has 25 heavy (non-hydrogen) atoms. The van der Waals surface area contributed by atoms with Crippen LogP contribution in [0, 0.1) is 6.85 Å². The fourth-order valence-corrected chi connectivity index (χ4v) is 3.34. The number of ether oxygens (including phenoxy) is 1. The lowest BCUT2D eigenvalue weighted by Crippen LogP contribution is -2.47. The molecule has 1 fully saturated rings. The minimum atomic E-state index is -2.72. The van der Waals surface area contributed by atoms with E-state index in [0.29, 0.717) is 0 Å². The summed E-state index contributed by atoms with van der Waals surface area (Å²) in [5, 5.41) is 10.4. The van der Waals surface area contributed by atoms with Crippen molar-refractivity contribution >= 4 is 8.32 Å². The number of nitrogens with two attached hydrogens (primary N) is 1. The second-order valence-corrected chi connectivity index (χ2v) is 12.7. The summed E-state index contributed by atoms with van der Waals surface area (Å²) in [4.78, 5) is 25.9. The smallest absolute Gasteiger partial charge is 0.330 e. The summed E-state index contributed by atoms with van der Waals surface area (Å²) in [5.41, 5.74) is 3.59. The highest BCUT2D eigenvalue weighted by Gasteiger charge is 2.45. The Kier molecular flexibility index (Phi) is 4.34. The van der Waals surface area contributed by atoms with E-state index in [0.717, 1.165) is 10.8 Å². The lowest BCUT2D eigenvalue weighted by Gasteiger charge is -2.37. The molecule has 1 unspecified atom stereocenters. The van der Waals surface area contributed by atoms with Crippen molar-refractivity contribution in [1.82, 2.24) is 9.55 Å². The molecule has 0 aromatic carbocycles. The normalized spacial score (nSPS) is 30.0. The number of hydrogen-bond donors (Lipinski definition) is 3. The zero-order valence-corrected chi connectivity index (χ0v) is 16.2. The van der Waals surface area contributed by atoms with Crippen molar-refractivity contribution in [2.45, 2.75) is 70.2 Å². The number of nitrogens with one attached hydrogen (secondary N) is 1. The molecular formula is C16H29N3O5Si. The van der Waals surface area contributed by atoms with Crippen LogP contribution in [0.4, 0.5) is 0 Å². The lowest BCUT2D eigenvalue weighted by molar-refractivity contribution is -0.0517. The predicted octanol–water partition coefficient (Wildman–Crippen LogP) is 0.452. The van der Waals surface area contributed by atoms with Gasteiger partial charge in [0.2, 0.25) is 0 Å². The van der Waals surface area contributed by atoms with Gasteiger partial charge in [-0.3, -0.25) is 14.3 Å². The molecule has 8 nitrogen and oxygen atoms in total. The Balaban J connectivity index is 2.28. The average molecular weight is 375 g/mol. The molecule has 1 aliphatic heterocycles. The molecule has 9 heteroatoms. The molecule has 1 aliphatic rings. The standard InChI is InChI=1S/C16H29N3O5Si/c1-9-7-19(15(22)18-13(9)21)14-12(20)11(17)10(24-14)8-23-25(5,6)16(2,3)4/h7,10-12,14,20H,8,17H2,1-6H3,(H,18,21,22)/t10-,11+,12?,14-/m1/s1/i1D3. The number of aliphatic hydroxyl groups is 1. The molecule has 1 saturated heterocycles. The van der Waals surface area contributed by atoms with E-state index in [9.17, 15) is 14.7 Å². The summed E-state index contributed by atoms with van der Waals surface area (Å²) in [6.07, 6.45) is -2.30. The second kappa shape index (κ2) is 6.80. The summed E-state index contributed by atoms with van der Waals surface area (Å²) < 4.78 is 35.0. The van der Waals surface area contributed by atoms with Crippen LogP contribution in [0.3, 0.4) is 0 Å². The lowest BCUT2D eigenvalue weighted by atomic mass is 10.1. The van der Waals surface area contributed by atoms with Crippen molar-refractivity contribution in [1.29, 1.82) is 0 Å². The van der Waals surface area contributed by atoms with E-state index in [4.69, 9.17) is 19.0 Å². The molecule has 1 aromatic rings. The van der Waals surface area contributed by atoms with Crippen LogP contribution in [0.1, 0.15) is 36.7 Å². The maximum Gasteiger partial charge on any atom is 0.330 e. The van der Waals surface area contributed by atoms with Crippen LogP contribution in [-0.4, -0.2) is 47.8 Å². The number of H-pyrrole nitrogens is 1. The topological polar surface area (TPSA) is 120 Å². The summed E-state index contributed by atoms with van der Waals surface area (Å²) in [5.74, 6) is 0. The quantitative estimate of drug-likeness (QED) is 0.658. The van der Waals surface area contributed by atoms with Gasteiger partial charge >= 0.3 is 5.69 Å². The highest BCUT2D eigenvalue weighted by molar-refractivity contribution is 6.74. The van der Waals surface area contributed by atoms with E-state index >= 15 is 0 Å². The van der Waals surface area contributed by atoms with Crippen molar-refractivity contribution in [3.63, 3.8) is 0 Å². The Morgan fingerprint density at radius 1 is 1.48 bits per heavy atom. The first-order valence-corrected chi connectivity index (χ1v) is 11.1. The maximum absolute atomic E-state index is 12.2. The predicted molar refractivity (Wildman–Crippen MR) is 97.1 cm³/mol. The van der Waals surface area contributed by atoms with Crippen LogP contribution in [0.2, 0.25) is 18.1 Å². The van der Waals surface area contributed by atoms with Gasteiger partial charge in [0, 0.05) is 15.9 Å². The molecule has 2 rings (SSSR count). The number of aromatic amines is 1. The van der Waals surface area contributed by atoms with E-state index in [-0.39, 0.29) is 11.6 Å². The third kappa shape index (κ3) is 3.95. The van der Waals surface area contributed by atoms with E-state index < -0.39 is 56.5 Å². The van der Waals surface area contributed by atoms with Crippen LogP contribution in [0.25, 0.3) is 0 Å². The SMILES string of the molecule is [2H]C([2H])([2H])c1cn([C@@H]2O[C@H](CO[Si](C)(C)C(C)(C)C)[C@H](N)C2O)c(=O)[nH]c1=O. The number of nitrogens with zero attached hydrogens (tertiary/aromatic N) is 1. The fourth-order valence-electron chi connectivity index (χ4n) is 2.32. The molecule has 2 heterocycles. The molecule has 0 bridgehead atoms.